The molecule has 24 heavy (non-hydrogen) atoms. The molecule has 0 bridgehead atoms. The van der Waals surface area contributed by atoms with Crippen molar-refractivity contribution < 1.29 is 4.39 Å². The number of nitrogens with zero attached hydrogens (tertiary/aromatic N) is 2. The zero-order valence-electron chi connectivity index (χ0n) is 14.0. The molecule has 7 heteroatoms. The molecule has 0 saturated carbocycles. The quantitative estimate of drug-likeness (QED) is 0.374. The molecule has 0 aliphatic heterocycles. The van der Waals surface area contributed by atoms with E-state index >= 15 is 0 Å². The lowest BCUT2D eigenvalue weighted by Gasteiger charge is -2.11. The van der Waals surface area contributed by atoms with E-state index < -0.39 is 0 Å². The number of guanidine groups is 1. The summed E-state index contributed by atoms with van der Waals surface area (Å²) in [5, 5.41) is 7.55. The second-order valence-electron chi connectivity index (χ2n) is 5.07. The molecule has 0 unspecified atom stereocenters. The summed E-state index contributed by atoms with van der Waals surface area (Å²) < 4.78 is 12.9. The van der Waals surface area contributed by atoms with Crippen LogP contribution in [0.3, 0.4) is 0 Å². The second kappa shape index (κ2) is 11.4. The topological polar surface area (TPSA) is 49.3 Å². The van der Waals surface area contributed by atoms with Crippen molar-refractivity contribution in [2.75, 3.05) is 13.1 Å². The highest BCUT2D eigenvalue weighted by molar-refractivity contribution is 14.0. The first-order chi connectivity index (χ1) is 11.2. The fraction of sp³-hybridized carbons (Fsp3) is 0.412. The van der Waals surface area contributed by atoms with Crippen LogP contribution in [0.25, 0.3) is 0 Å². The van der Waals surface area contributed by atoms with Crippen molar-refractivity contribution in [2.45, 2.75) is 33.2 Å². The summed E-state index contributed by atoms with van der Waals surface area (Å²) in [5.74, 6) is 0.578. The zero-order valence-corrected chi connectivity index (χ0v) is 17.2. The van der Waals surface area contributed by atoms with Crippen molar-refractivity contribution in [2.24, 2.45) is 4.99 Å². The molecule has 2 rings (SSSR count). The largest absolute Gasteiger partial charge is 0.357 e. The van der Waals surface area contributed by atoms with E-state index in [1.54, 1.807) is 11.3 Å². The van der Waals surface area contributed by atoms with Gasteiger partial charge in [0.15, 0.2) is 5.96 Å². The molecule has 0 radical (unpaired) electrons. The number of benzene rings is 1. The number of rotatable bonds is 7. The van der Waals surface area contributed by atoms with E-state index in [2.05, 4.69) is 27.5 Å². The SMILES string of the molecule is CCNC(=NCc1ncc(CC)s1)NCCc1ccc(F)cc1.I. The normalized spacial score (nSPS) is 11.0. The molecule has 1 aromatic carbocycles. The Morgan fingerprint density at radius 2 is 1.96 bits per heavy atom. The lowest BCUT2D eigenvalue weighted by molar-refractivity contribution is 0.626. The lowest BCUT2D eigenvalue weighted by Crippen LogP contribution is -2.38. The Balaban J connectivity index is 0.00000288. The van der Waals surface area contributed by atoms with Gasteiger partial charge in [-0.2, -0.15) is 0 Å². The van der Waals surface area contributed by atoms with Crippen LogP contribution >= 0.6 is 35.3 Å². The molecule has 0 spiro atoms. The number of aromatic nitrogens is 1. The Morgan fingerprint density at radius 3 is 2.58 bits per heavy atom. The average Bonchev–Trinajstić information content (AvgIpc) is 3.02. The molecule has 1 aromatic heterocycles. The number of hydrogen-bond acceptors (Lipinski definition) is 3. The van der Waals surface area contributed by atoms with E-state index in [4.69, 9.17) is 0 Å². The van der Waals surface area contributed by atoms with Gasteiger partial charge in [-0.15, -0.1) is 35.3 Å². The van der Waals surface area contributed by atoms with Crippen LogP contribution in [0.1, 0.15) is 29.3 Å². The zero-order chi connectivity index (χ0) is 16.5. The van der Waals surface area contributed by atoms with Gasteiger partial charge in [0, 0.05) is 24.2 Å². The third-order valence-electron chi connectivity index (χ3n) is 3.29. The molecule has 0 atom stereocenters. The van der Waals surface area contributed by atoms with Gasteiger partial charge in [-0.3, -0.25) is 0 Å². The van der Waals surface area contributed by atoms with Gasteiger partial charge >= 0.3 is 0 Å². The van der Waals surface area contributed by atoms with Gasteiger partial charge in [-0.1, -0.05) is 19.1 Å². The smallest absolute Gasteiger partial charge is 0.191 e. The van der Waals surface area contributed by atoms with E-state index in [0.717, 1.165) is 42.5 Å². The molecule has 0 saturated heterocycles. The molecule has 0 aliphatic rings. The maximum absolute atomic E-state index is 12.9. The highest BCUT2D eigenvalue weighted by Gasteiger charge is 2.02. The number of halogens is 2. The summed E-state index contributed by atoms with van der Waals surface area (Å²) in [5.41, 5.74) is 1.10. The highest BCUT2D eigenvalue weighted by Crippen LogP contribution is 2.13. The predicted octanol–water partition coefficient (Wildman–Crippen LogP) is 3.76. The van der Waals surface area contributed by atoms with Gasteiger partial charge in [0.1, 0.15) is 10.8 Å². The number of aryl methyl sites for hydroxylation is 1. The number of thiazole rings is 1. The first-order valence-electron chi connectivity index (χ1n) is 7.91. The minimum atomic E-state index is -0.202. The summed E-state index contributed by atoms with van der Waals surface area (Å²) in [7, 11) is 0. The van der Waals surface area contributed by atoms with Crippen molar-refractivity contribution in [3.8, 4) is 0 Å². The maximum atomic E-state index is 12.9. The first-order valence-corrected chi connectivity index (χ1v) is 8.73. The van der Waals surface area contributed by atoms with Crippen LogP contribution in [-0.4, -0.2) is 24.0 Å². The summed E-state index contributed by atoms with van der Waals surface area (Å²) in [6, 6.07) is 6.59. The minimum Gasteiger partial charge on any atom is -0.357 e. The monoisotopic (exact) mass is 462 g/mol. The molecule has 132 valence electrons. The van der Waals surface area contributed by atoms with E-state index in [9.17, 15) is 4.39 Å². The van der Waals surface area contributed by atoms with Crippen LogP contribution in [0, 0.1) is 5.82 Å². The molecule has 0 fully saturated rings. The van der Waals surface area contributed by atoms with E-state index in [0.29, 0.717) is 6.54 Å². The Morgan fingerprint density at radius 1 is 1.21 bits per heavy atom. The molecular weight excluding hydrogens is 438 g/mol. The average molecular weight is 462 g/mol. The van der Waals surface area contributed by atoms with Gasteiger partial charge < -0.3 is 10.6 Å². The van der Waals surface area contributed by atoms with Crippen LogP contribution in [0.2, 0.25) is 0 Å². The second-order valence-corrected chi connectivity index (χ2v) is 6.27. The Labute approximate surface area is 164 Å². The summed E-state index contributed by atoms with van der Waals surface area (Å²) in [6.07, 6.45) is 3.75. The van der Waals surface area contributed by atoms with Crippen molar-refractivity contribution >= 4 is 41.3 Å². The van der Waals surface area contributed by atoms with Crippen LogP contribution in [0.15, 0.2) is 35.5 Å². The number of hydrogen-bond donors (Lipinski definition) is 2. The van der Waals surface area contributed by atoms with Gasteiger partial charge in [0.25, 0.3) is 0 Å². The van der Waals surface area contributed by atoms with Crippen LogP contribution in [0.4, 0.5) is 4.39 Å². The van der Waals surface area contributed by atoms with E-state index in [-0.39, 0.29) is 29.8 Å². The Bertz CT molecular complexity index is 628. The van der Waals surface area contributed by atoms with Crippen molar-refractivity contribution in [1.82, 2.24) is 15.6 Å². The molecule has 4 nitrogen and oxygen atoms in total. The Hall–Kier alpha value is -1.22. The molecular formula is C17H24FIN4S. The van der Waals surface area contributed by atoms with Crippen molar-refractivity contribution in [3.05, 3.63) is 51.7 Å². The fourth-order valence-corrected chi connectivity index (χ4v) is 2.84. The van der Waals surface area contributed by atoms with Gasteiger partial charge in [0.2, 0.25) is 0 Å². The van der Waals surface area contributed by atoms with Crippen LogP contribution in [-0.2, 0) is 19.4 Å². The minimum absolute atomic E-state index is 0. The van der Waals surface area contributed by atoms with Gasteiger partial charge in [-0.05, 0) is 37.5 Å². The van der Waals surface area contributed by atoms with Crippen molar-refractivity contribution in [3.63, 3.8) is 0 Å². The van der Waals surface area contributed by atoms with Crippen LogP contribution in [0.5, 0.6) is 0 Å². The molecule has 0 amide bonds. The maximum Gasteiger partial charge on any atom is 0.191 e. The molecule has 1 heterocycles. The van der Waals surface area contributed by atoms with E-state index in [1.807, 2.05) is 25.3 Å². The summed E-state index contributed by atoms with van der Waals surface area (Å²) in [6.45, 7) is 6.30. The van der Waals surface area contributed by atoms with Gasteiger partial charge in [-0.25, -0.2) is 14.4 Å². The van der Waals surface area contributed by atoms with E-state index in [1.165, 1.54) is 17.0 Å². The third-order valence-corrected chi connectivity index (χ3v) is 4.41. The highest BCUT2D eigenvalue weighted by atomic mass is 127. The molecule has 2 N–H and O–H groups in total. The summed E-state index contributed by atoms with van der Waals surface area (Å²) >= 11 is 1.71. The number of aliphatic imine (C=N–C) groups is 1. The first kappa shape index (κ1) is 20.8. The standard InChI is InChI=1S/C17H23FN4S.HI/c1-3-15-11-21-16(23-15)12-22-17(19-4-2)20-10-9-13-5-7-14(18)8-6-13;/h5-8,11H,3-4,9-10,12H2,1-2H3,(H2,19,20,22);1H. The van der Waals surface area contributed by atoms with Crippen molar-refractivity contribution in [1.29, 1.82) is 0 Å². The van der Waals surface area contributed by atoms with Gasteiger partial charge in [0.05, 0.1) is 6.54 Å². The third kappa shape index (κ3) is 7.12. The molecule has 2 aromatic rings. The lowest BCUT2D eigenvalue weighted by atomic mass is 10.1. The van der Waals surface area contributed by atoms with Crippen LogP contribution < -0.4 is 10.6 Å². The summed E-state index contributed by atoms with van der Waals surface area (Å²) in [4.78, 5) is 10.2. The fourth-order valence-electron chi connectivity index (χ4n) is 2.05. The number of nitrogens with one attached hydrogen (secondary N) is 2. The predicted molar refractivity (Wildman–Crippen MR) is 110 cm³/mol. The Kier molecular flexibility index (Phi) is 9.85. The molecule has 0 aliphatic carbocycles.